The van der Waals surface area contributed by atoms with Crippen molar-refractivity contribution in [3.8, 4) is 11.6 Å². The zero-order valence-corrected chi connectivity index (χ0v) is 26.1. The Labute approximate surface area is 264 Å². The smallest absolute Gasteiger partial charge is 0.416 e. The van der Waals surface area contributed by atoms with E-state index in [1.54, 1.807) is 36.1 Å². The number of likely N-dealkylation sites (N-methyl/N-ethyl adjacent to an activating group) is 1. The number of benzene rings is 2. The molecule has 240 valence electrons. The molecule has 0 aliphatic carbocycles. The zero-order valence-electron chi connectivity index (χ0n) is 26.1. The number of aliphatic imine (C=N–C) groups is 1. The van der Waals surface area contributed by atoms with E-state index < -0.39 is 17.6 Å². The lowest BCUT2D eigenvalue weighted by molar-refractivity contribution is -0.138. The number of ether oxygens (including phenoxy) is 1. The number of rotatable bonds is 9. The summed E-state index contributed by atoms with van der Waals surface area (Å²) < 4.78 is 50.1. The molecule has 4 aromatic rings. The SMILES string of the molecule is C=N/C=C\C(=C/C)c1nc(Oc2cc(C(=O)Nc3ccc(CN4CCN(C)CC4)c(C(F)(F)F)c3)ccc2C)c2cn(C)nc2n1. The fraction of sp³-hybridized carbons (Fsp3) is 0.303. The van der Waals surface area contributed by atoms with Crippen LogP contribution in [0.5, 0.6) is 11.6 Å². The molecule has 1 aliphatic heterocycles. The van der Waals surface area contributed by atoms with Crippen LogP contribution in [0.4, 0.5) is 18.9 Å². The largest absolute Gasteiger partial charge is 0.438 e. The minimum absolute atomic E-state index is 0.0426. The lowest BCUT2D eigenvalue weighted by Crippen LogP contribution is -2.44. The molecule has 0 saturated carbocycles. The number of nitrogens with one attached hydrogen (secondary N) is 1. The van der Waals surface area contributed by atoms with E-state index in [-0.39, 0.29) is 29.2 Å². The first-order chi connectivity index (χ1) is 21.9. The molecule has 1 fully saturated rings. The van der Waals surface area contributed by atoms with E-state index in [0.29, 0.717) is 46.8 Å². The van der Waals surface area contributed by atoms with E-state index in [1.807, 2.05) is 31.9 Å². The number of alkyl halides is 3. The maximum absolute atomic E-state index is 14.1. The predicted octanol–water partition coefficient (Wildman–Crippen LogP) is 6.10. The van der Waals surface area contributed by atoms with Crippen LogP contribution in [0.3, 0.4) is 0 Å². The van der Waals surface area contributed by atoms with Crippen molar-refractivity contribution >= 4 is 34.9 Å². The molecule has 0 unspecified atom stereocenters. The van der Waals surface area contributed by atoms with Crippen molar-refractivity contribution in [1.29, 1.82) is 0 Å². The van der Waals surface area contributed by atoms with Crippen molar-refractivity contribution < 1.29 is 22.7 Å². The number of halogens is 3. The third-order valence-electron chi connectivity index (χ3n) is 7.71. The van der Waals surface area contributed by atoms with Crippen molar-refractivity contribution in [1.82, 2.24) is 29.5 Å². The van der Waals surface area contributed by atoms with Crippen LogP contribution in [0.2, 0.25) is 0 Å². The highest BCUT2D eigenvalue weighted by atomic mass is 19.4. The summed E-state index contributed by atoms with van der Waals surface area (Å²) >= 11 is 0. The second-order valence-electron chi connectivity index (χ2n) is 11.1. The highest BCUT2D eigenvalue weighted by Crippen LogP contribution is 2.35. The average Bonchev–Trinajstić information content (AvgIpc) is 3.40. The number of carbonyl (C=O) groups is 1. The number of nitrogens with zero attached hydrogens (tertiary/aromatic N) is 7. The molecule has 0 bridgehead atoms. The molecule has 2 aromatic heterocycles. The Balaban J connectivity index is 1.40. The first-order valence-corrected chi connectivity index (χ1v) is 14.7. The molecule has 0 radical (unpaired) electrons. The van der Waals surface area contributed by atoms with Gasteiger partial charge < -0.3 is 15.0 Å². The van der Waals surface area contributed by atoms with Crippen molar-refractivity contribution in [2.45, 2.75) is 26.6 Å². The second-order valence-corrected chi connectivity index (χ2v) is 11.1. The number of fused-ring (bicyclic) bond motifs is 1. The van der Waals surface area contributed by atoms with E-state index >= 15 is 0 Å². The van der Waals surface area contributed by atoms with E-state index in [9.17, 15) is 18.0 Å². The van der Waals surface area contributed by atoms with Gasteiger partial charge in [-0.05, 0) is 69.1 Å². The Kier molecular flexibility index (Phi) is 9.63. The highest BCUT2D eigenvalue weighted by molar-refractivity contribution is 6.04. The fourth-order valence-corrected chi connectivity index (χ4v) is 5.09. The highest BCUT2D eigenvalue weighted by Gasteiger charge is 2.34. The molecule has 0 spiro atoms. The maximum Gasteiger partial charge on any atom is 0.416 e. The Bertz CT molecular complexity index is 1820. The Morgan fingerprint density at radius 3 is 2.57 bits per heavy atom. The van der Waals surface area contributed by atoms with Crippen LogP contribution in [0.15, 0.2) is 65.9 Å². The number of anilines is 1. The second kappa shape index (κ2) is 13.6. The maximum atomic E-state index is 14.1. The molecule has 1 N–H and O–H groups in total. The topological polar surface area (TPSA) is 101 Å². The van der Waals surface area contributed by atoms with Crippen LogP contribution in [-0.2, 0) is 19.8 Å². The minimum Gasteiger partial charge on any atom is -0.438 e. The Morgan fingerprint density at radius 1 is 1.11 bits per heavy atom. The molecule has 1 amide bonds. The van der Waals surface area contributed by atoms with Crippen LogP contribution in [0.1, 0.15) is 39.8 Å². The summed E-state index contributed by atoms with van der Waals surface area (Å²) in [4.78, 5) is 30.4. The monoisotopic (exact) mass is 632 g/mol. The van der Waals surface area contributed by atoms with Crippen LogP contribution in [-0.4, -0.2) is 75.4 Å². The van der Waals surface area contributed by atoms with Gasteiger partial charge in [0, 0.05) is 69.0 Å². The summed E-state index contributed by atoms with van der Waals surface area (Å²) in [6.07, 6.45) is 2.19. The number of aryl methyl sites for hydroxylation is 2. The van der Waals surface area contributed by atoms with Crippen LogP contribution in [0.25, 0.3) is 16.6 Å². The van der Waals surface area contributed by atoms with Gasteiger partial charge in [0.1, 0.15) is 11.1 Å². The van der Waals surface area contributed by atoms with Gasteiger partial charge in [-0.1, -0.05) is 18.2 Å². The van der Waals surface area contributed by atoms with Gasteiger partial charge in [-0.3, -0.25) is 19.4 Å². The Hall–Kier alpha value is -4.88. The molecular weight excluding hydrogens is 597 g/mol. The van der Waals surface area contributed by atoms with Gasteiger partial charge >= 0.3 is 6.18 Å². The van der Waals surface area contributed by atoms with Crippen molar-refractivity contribution in [2.24, 2.45) is 12.0 Å². The lowest BCUT2D eigenvalue weighted by Gasteiger charge is -2.33. The number of carbonyl (C=O) groups excluding carboxylic acids is 1. The summed E-state index contributed by atoms with van der Waals surface area (Å²) in [7, 11) is 3.75. The van der Waals surface area contributed by atoms with Gasteiger partial charge in [-0.2, -0.15) is 23.3 Å². The summed E-state index contributed by atoms with van der Waals surface area (Å²) in [5, 5.41) is 7.58. The third-order valence-corrected chi connectivity index (χ3v) is 7.71. The standard InChI is InChI=1S/C33H35F3N8O2/c1-6-22(11-12-37-3)29-39-30-26(20-43(5)41-30)32(40-29)46-28-17-23(8-7-21(28)2)31(45)38-25-10-9-24(27(18-25)33(34,35)36)19-44-15-13-42(4)14-16-44/h6-12,17-18,20H,3,13-16,19H2,1-2,4-5H3,(H,38,45)/b12-11-,22-6+. The summed E-state index contributed by atoms with van der Waals surface area (Å²) in [5.74, 6) is 0.328. The normalized spacial score (nSPS) is 15.1. The van der Waals surface area contributed by atoms with Gasteiger partial charge in [-0.25, -0.2) is 4.98 Å². The third kappa shape index (κ3) is 7.49. The van der Waals surface area contributed by atoms with E-state index in [0.717, 1.165) is 19.2 Å². The van der Waals surface area contributed by atoms with E-state index in [2.05, 4.69) is 37.0 Å². The van der Waals surface area contributed by atoms with Crippen molar-refractivity contribution in [3.05, 3.63) is 89.0 Å². The molecular formula is C33H35F3N8O2. The predicted molar refractivity (Wildman–Crippen MR) is 172 cm³/mol. The Morgan fingerprint density at radius 2 is 1.87 bits per heavy atom. The molecule has 1 aliphatic rings. The van der Waals surface area contributed by atoms with Crippen LogP contribution >= 0.6 is 0 Å². The molecule has 1 saturated heterocycles. The quantitative estimate of drug-likeness (QED) is 0.176. The average molecular weight is 633 g/mol. The number of hydrogen-bond acceptors (Lipinski definition) is 8. The summed E-state index contributed by atoms with van der Waals surface area (Å²) in [6.45, 7) is 10.3. The molecule has 3 heterocycles. The molecule has 0 atom stereocenters. The first kappa shape index (κ1) is 32.5. The number of hydrogen-bond donors (Lipinski definition) is 1. The number of piperazine rings is 1. The van der Waals surface area contributed by atoms with Gasteiger partial charge in [-0.15, -0.1) is 0 Å². The van der Waals surface area contributed by atoms with Crippen molar-refractivity contribution in [2.75, 3.05) is 38.5 Å². The van der Waals surface area contributed by atoms with Gasteiger partial charge in [0.2, 0.25) is 5.88 Å². The van der Waals surface area contributed by atoms with Gasteiger partial charge in [0.15, 0.2) is 11.5 Å². The molecule has 46 heavy (non-hydrogen) atoms. The number of allylic oxidation sites excluding steroid dienone is 3. The number of amides is 1. The van der Waals surface area contributed by atoms with Gasteiger partial charge in [0.05, 0.1) is 5.56 Å². The fourth-order valence-electron chi connectivity index (χ4n) is 5.09. The first-order valence-electron chi connectivity index (χ1n) is 14.7. The summed E-state index contributed by atoms with van der Waals surface area (Å²) in [5.41, 5.74) is 1.43. The molecule has 10 nitrogen and oxygen atoms in total. The molecule has 13 heteroatoms. The van der Waals surface area contributed by atoms with Crippen molar-refractivity contribution in [3.63, 3.8) is 0 Å². The lowest BCUT2D eigenvalue weighted by atomic mass is 10.0. The molecule has 5 rings (SSSR count). The van der Waals surface area contributed by atoms with E-state index in [1.165, 1.54) is 24.4 Å². The van der Waals surface area contributed by atoms with Crippen LogP contribution < -0.4 is 10.1 Å². The molecule has 2 aromatic carbocycles. The minimum atomic E-state index is -4.58. The van der Waals surface area contributed by atoms with Gasteiger partial charge in [0.25, 0.3) is 5.91 Å². The number of aromatic nitrogens is 4. The summed E-state index contributed by atoms with van der Waals surface area (Å²) in [6, 6.07) is 8.74. The van der Waals surface area contributed by atoms with Crippen LogP contribution in [0, 0.1) is 6.92 Å². The zero-order chi connectivity index (χ0) is 33.0. The van der Waals surface area contributed by atoms with E-state index in [4.69, 9.17) is 4.74 Å².